The Kier molecular flexibility index (Phi) is 6.59. The van der Waals surface area contributed by atoms with Gasteiger partial charge in [-0.05, 0) is 23.8 Å². The number of hydrogen-bond acceptors (Lipinski definition) is 3. The van der Waals surface area contributed by atoms with Crippen LogP contribution in [-0.4, -0.2) is 41.9 Å². The van der Waals surface area contributed by atoms with Crippen molar-refractivity contribution in [1.82, 2.24) is 10.2 Å². The van der Waals surface area contributed by atoms with E-state index in [1.54, 1.807) is 0 Å². The number of carbonyl (C=O) groups excluding carboxylic acids is 2. The van der Waals surface area contributed by atoms with Crippen LogP contribution in [0, 0.1) is 5.41 Å². The molecule has 3 N–H and O–H groups in total. The van der Waals surface area contributed by atoms with Crippen molar-refractivity contribution in [1.29, 1.82) is 0 Å². The third kappa shape index (κ3) is 5.30. The van der Waals surface area contributed by atoms with Gasteiger partial charge in [0, 0.05) is 19.1 Å². The molecule has 0 aliphatic carbocycles. The number of benzene rings is 1. The lowest BCUT2D eigenvalue weighted by Crippen LogP contribution is -2.58. The number of hydrogen-bond donors (Lipinski definition) is 2. The zero-order valence-electron chi connectivity index (χ0n) is 15.6. The van der Waals surface area contributed by atoms with Crippen molar-refractivity contribution in [2.45, 2.75) is 58.5 Å². The molecule has 1 heterocycles. The Bertz CT molecular complexity index is 586. The molecule has 2 unspecified atom stereocenters. The first kappa shape index (κ1) is 19.4. The molecule has 1 saturated heterocycles. The third-order valence-electron chi connectivity index (χ3n) is 5.04. The Morgan fingerprint density at radius 2 is 2.00 bits per heavy atom. The number of nitrogens with one attached hydrogen (secondary N) is 1. The second-order valence-corrected chi connectivity index (χ2v) is 7.71. The van der Waals surface area contributed by atoms with E-state index in [1.165, 1.54) is 0 Å². The largest absolute Gasteiger partial charge is 0.344 e. The average Bonchev–Trinajstić information content (AvgIpc) is 2.57. The van der Waals surface area contributed by atoms with Crippen LogP contribution in [0.15, 0.2) is 30.3 Å². The predicted octanol–water partition coefficient (Wildman–Crippen LogP) is 2.10. The molecule has 2 rings (SSSR count). The molecule has 0 aromatic heterocycles. The fourth-order valence-corrected chi connectivity index (χ4v) is 3.36. The quantitative estimate of drug-likeness (QED) is 0.829. The summed E-state index contributed by atoms with van der Waals surface area (Å²) in [6.07, 6.45) is 2.60. The van der Waals surface area contributed by atoms with Gasteiger partial charge >= 0.3 is 0 Å². The van der Waals surface area contributed by atoms with Gasteiger partial charge < -0.3 is 16.0 Å². The molecule has 2 atom stereocenters. The Labute approximate surface area is 151 Å². The SMILES string of the molecule is CCCC(NC(=O)Cc1ccccc1)C(=O)N1CCC(N)C(C)(C)C1. The molecule has 25 heavy (non-hydrogen) atoms. The molecular weight excluding hydrogens is 314 g/mol. The summed E-state index contributed by atoms with van der Waals surface area (Å²) in [6.45, 7) is 7.53. The Balaban J connectivity index is 1.99. The summed E-state index contributed by atoms with van der Waals surface area (Å²) in [6, 6.07) is 9.25. The van der Waals surface area contributed by atoms with Gasteiger partial charge in [-0.3, -0.25) is 9.59 Å². The highest BCUT2D eigenvalue weighted by Crippen LogP contribution is 2.28. The zero-order chi connectivity index (χ0) is 18.4. The van der Waals surface area contributed by atoms with Gasteiger partial charge in [0.05, 0.1) is 6.42 Å². The van der Waals surface area contributed by atoms with E-state index in [1.807, 2.05) is 42.2 Å². The normalized spacial score (nSPS) is 20.8. The maximum Gasteiger partial charge on any atom is 0.245 e. The first-order valence-corrected chi connectivity index (χ1v) is 9.21. The number of nitrogens with two attached hydrogens (primary N) is 1. The fourth-order valence-electron chi connectivity index (χ4n) is 3.36. The highest BCUT2D eigenvalue weighted by molar-refractivity contribution is 5.88. The van der Waals surface area contributed by atoms with E-state index in [0.717, 1.165) is 18.4 Å². The fraction of sp³-hybridized carbons (Fsp3) is 0.600. The van der Waals surface area contributed by atoms with E-state index < -0.39 is 6.04 Å². The monoisotopic (exact) mass is 345 g/mol. The Morgan fingerprint density at radius 1 is 1.32 bits per heavy atom. The summed E-state index contributed by atoms with van der Waals surface area (Å²) in [5.74, 6) is -0.0887. The van der Waals surface area contributed by atoms with Crippen LogP contribution in [0.3, 0.4) is 0 Å². The molecule has 1 aromatic carbocycles. The van der Waals surface area contributed by atoms with Crippen LogP contribution >= 0.6 is 0 Å². The van der Waals surface area contributed by atoms with Gasteiger partial charge in [0.2, 0.25) is 11.8 Å². The smallest absolute Gasteiger partial charge is 0.245 e. The van der Waals surface area contributed by atoms with Crippen molar-refractivity contribution in [3.05, 3.63) is 35.9 Å². The summed E-state index contributed by atoms with van der Waals surface area (Å²) in [5, 5.41) is 2.94. The minimum Gasteiger partial charge on any atom is -0.344 e. The van der Waals surface area contributed by atoms with Crippen LogP contribution in [0.4, 0.5) is 0 Å². The summed E-state index contributed by atoms with van der Waals surface area (Å²) >= 11 is 0. The van der Waals surface area contributed by atoms with Gasteiger partial charge in [-0.1, -0.05) is 57.5 Å². The van der Waals surface area contributed by atoms with Crippen molar-refractivity contribution in [3.8, 4) is 0 Å². The van der Waals surface area contributed by atoms with Gasteiger partial charge in [0.25, 0.3) is 0 Å². The molecule has 0 spiro atoms. The summed E-state index contributed by atoms with van der Waals surface area (Å²) in [4.78, 5) is 27.2. The lowest BCUT2D eigenvalue weighted by Gasteiger charge is -2.43. The molecule has 1 aliphatic rings. The van der Waals surface area contributed by atoms with Gasteiger partial charge in [0.1, 0.15) is 6.04 Å². The molecule has 0 bridgehead atoms. The Hall–Kier alpha value is -1.88. The molecular formula is C20H31N3O2. The predicted molar refractivity (Wildman–Crippen MR) is 99.9 cm³/mol. The van der Waals surface area contributed by atoms with Crippen molar-refractivity contribution < 1.29 is 9.59 Å². The topological polar surface area (TPSA) is 75.4 Å². The number of rotatable bonds is 6. The molecule has 1 aliphatic heterocycles. The van der Waals surface area contributed by atoms with Crippen LogP contribution < -0.4 is 11.1 Å². The van der Waals surface area contributed by atoms with Crippen molar-refractivity contribution >= 4 is 11.8 Å². The highest BCUT2D eigenvalue weighted by atomic mass is 16.2. The van der Waals surface area contributed by atoms with Gasteiger partial charge in [-0.15, -0.1) is 0 Å². The Morgan fingerprint density at radius 3 is 2.60 bits per heavy atom. The van der Waals surface area contributed by atoms with E-state index in [4.69, 9.17) is 5.73 Å². The van der Waals surface area contributed by atoms with Gasteiger partial charge in [-0.2, -0.15) is 0 Å². The minimum atomic E-state index is -0.452. The minimum absolute atomic E-state index is 0.0169. The van der Waals surface area contributed by atoms with Gasteiger partial charge in [0.15, 0.2) is 0 Å². The first-order chi connectivity index (χ1) is 11.8. The molecule has 0 saturated carbocycles. The zero-order valence-corrected chi connectivity index (χ0v) is 15.6. The second kappa shape index (κ2) is 8.48. The lowest BCUT2D eigenvalue weighted by atomic mass is 9.79. The number of amides is 2. The van der Waals surface area contributed by atoms with Crippen molar-refractivity contribution in [2.24, 2.45) is 11.1 Å². The number of carbonyl (C=O) groups is 2. The standard InChI is InChI=1S/C20H31N3O2/c1-4-8-16(22-18(24)13-15-9-6-5-7-10-15)19(25)23-12-11-17(21)20(2,3)14-23/h5-7,9-10,16-17H,4,8,11-14,21H2,1-3H3,(H,22,24). The van der Waals surface area contributed by atoms with E-state index in [2.05, 4.69) is 19.2 Å². The number of likely N-dealkylation sites (tertiary alicyclic amines) is 1. The molecule has 0 radical (unpaired) electrons. The van der Waals surface area contributed by atoms with Crippen molar-refractivity contribution in [3.63, 3.8) is 0 Å². The molecule has 1 aromatic rings. The number of nitrogens with zero attached hydrogens (tertiary/aromatic N) is 1. The highest BCUT2D eigenvalue weighted by Gasteiger charge is 2.37. The van der Waals surface area contributed by atoms with E-state index in [-0.39, 0.29) is 23.3 Å². The summed E-state index contributed by atoms with van der Waals surface area (Å²) < 4.78 is 0. The third-order valence-corrected chi connectivity index (χ3v) is 5.04. The first-order valence-electron chi connectivity index (χ1n) is 9.21. The lowest BCUT2D eigenvalue weighted by molar-refractivity contribution is -0.139. The molecule has 5 heteroatoms. The van der Waals surface area contributed by atoms with Crippen LogP contribution in [-0.2, 0) is 16.0 Å². The second-order valence-electron chi connectivity index (χ2n) is 7.71. The molecule has 2 amide bonds. The van der Waals surface area contributed by atoms with E-state index >= 15 is 0 Å². The van der Waals surface area contributed by atoms with Crippen molar-refractivity contribution in [2.75, 3.05) is 13.1 Å². The summed E-state index contributed by atoms with van der Waals surface area (Å²) in [7, 11) is 0. The number of piperidine rings is 1. The average molecular weight is 345 g/mol. The van der Waals surface area contributed by atoms with Crippen LogP contribution in [0.25, 0.3) is 0 Å². The maximum atomic E-state index is 12.9. The van der Waals surface area contributed by atoms with E-state index in [9.17, 15) is 9.59 Å². The maximum absolute atomic E-state index is 12.9. The van der Waals surface area contributed by atoms with Crippen LogP contribution in [0.2, 0.25) is 0 Å². The van der Waals surface area contributed by atoms with E-state index in [0.29, 0.717) is 25.9 Å². The van der Waals surface area contributed by atoms with Crippen LogP contribution in [0.5, 0.6) is 0 Å². The molecule has 5 nitrogen and oxygen atoms in total. The van der Waals surface area contributed by atoms with Crippen LogP contribution in [0.1, 0.15) is 45.6 Å². The molecule has 1 fully saturated rings. The summed E-state index contributed by atoms with van der Waals surface area (Å²) in [5.41, 5.74) is 7.02. The van der Waals surface area contributed by atoms with Gasteiger partial charge in [-0.25, -0.2) is 0 Å². The molecule has 138 valence electrons.